The second kappa shape index (κ2) is 6.87. The molecule has 0 atom stereocenters. The highest BCUT2D eigenvalue weighted by Crippen LogP contribution is 2.23. The smallest absolute Gasteiger partial charge is 0.307 e. The van der Waals surface area contributed by atoms with Crippen molar-refractivity contribution in [3.63, 3.8) is 0 Å². The monoisotopic (exact) mass is 321 g/mol. The number of hydrogen-bond acceptors (Lipinski definition) is 2. The molecule has 1 N–H and O–H groups in total. The highest BCUT2D eigenvalue weighted by atomic mass is 16.2. The lowest BCUT2D eigenvalue weighted by Gasteiger charge is -2.24. The molecule has 2 aromatic rings. The number of nitrogens with one attached hydrogen (secondary N) is 1. The molecular weight excluding hydrogens is 298 g/mol. The summed E-state index contributed by atoms with van der Waals surface area (Å²) in [4.78, 5) is 19.1. The lowest BCUT2D eigenvalue weighted by molar-refractivity contribution is 0.259. The van der Waals surface area contributed by atoms with E-state index in [1.54, 1.807) is 4.90 Å². The average molecular weight is 321 g/mol. The summed E-state index contributed by atoms with van der Waals surface area (Å²) in [6.07, 6.45) is 1.82. The van der Waals surface area contributed by atoms with E-state index in [0.29, 0.717) is 0 Å². The van der Waals surface area contributed by atoms with Crippen molar-refractivity contribution in [2.75, 3.05) is 16.8 Å². The normalized spacial score (nSPS) is 13.5. The number of carbonyl (C=O) groups is 1. The summed E-state index contributed by atoms with van der Waals surface area (Å²) >= 11 is 0. The van der Waals surface area contributed by atoms with Crippen LogP contribution in [0.2, 0.25) is 0 Å². The van der Waals surface area contributed by atoms with Crippen LogP contribution in [0.5, 0.6) is 0 Å². The molecule has 4 nitrogen and oxygen atoms in total. The Morgan fingerprint density at radius 3 is 2.42 bits per heavy atom. The Morgan fingerprint density at radius 2 is 1.79 bits per heavy atom. The minimum atomic E-state index is -0.164. The molecule has 1 aliphatic rings. The van der Waals surface area contributed by atoms with Crippen LogP contribution in [-0.2, 0) is 0 Å². The first-order valence-electron chi connectivity index (χ1n) is 8.33. The highest BCUT2D eigenvalue weighted by molar-refractivity contribution is 6.20. The molecule has 0 saturated heterocycles. The van der Waals surface area contributed by atoms with Gasteiger partial charge in [0, 0.05) is 18.7 Å². The second-order valence-corrected chi connectivity index (χ2v) is 6.30. The van der Waals surface area contributed by atoms with Crippen LogP contribution in [0, 0.1) is 20.8 Å². The maximum Gasteiger partial charge on any atom is 0.331 e. The molecule has 0 radical (unpaired) electrons. The Hall–Kier alpha value is -2.62. The van der Waals surface area contributed by atoms with Gasteiger partial charge in [0.15, 0.2) is 0 Å². The molecular formula is C20H23N3O. The van der Waals surface area contributed by atoms with Crippen LogP contribution in [0.3, 0.4) is 0 Å². The fourth-order valence-electron chi connectivity index (χ4n) is 2.77. The van der Waals surface area contributed by atoms with Gasteiger partial charge < -0.3 is 5.32 Å². The lowest BCUT2D eigenvalue weighted by Crippen LogP contribution is -2.39. The second-order valence-electron chi connectivity index (χ2n) is 6.30. The maximum absolute atomic E-state index is 12.9. The van der Waals surface area contributed by atoms with Gasteiger partial charge in [0.1, 0.15) is 5.84 Å². The Morgan fingerprint density at radius 1 is 1.04 bits per heavy atom. The minimum Gasteiger partial charge on any atom is -0.307 e. The predicted molar refractivity (Wildman–Crippen MR) is 100 cm³/mol. The van der Waals surface area contributed by atoms with Crippen LogP contribution < -0.4 is 10.2 Å². The molecule has 124 valence electrons. The molecule has 4 heteroatoms. The van der Waals surface area contributed by atoms with E-state index in [4.69, 9.17) is 0 Å². The molecule has 0 aromatic heterocycles. The highest BCUT2D eigenvalue weighted by Gasteiger charge is 2.24. The van der Waals surface area contributed by atoms with Crippen LogP contribution >= 0.6 is 0 Å². The summed E-state index contributed by atoms with van der Waals surface area (Å²) < 4.78 is 0. The van der Waals surface area contributed by atoms with E-state index in [0.717, 1.165) is 36.6 Å². The van der Waals surface area contributed by atoms with Gasteiger partial charge in [-0.1, -0.05) is 23.8 Å². The molecule has 2 amide bonds. The molecule has 1 heterocycles. The van der Waals surface area contributed by atoms with Crippen molar-refractivity contribution in [1.29, 1.82) is 0 Å². The number of carbonyl (C=O) groups excluding carboxylic acids is 1. The van der Waals surface area contributed by atoms with Gasteiger partial charge in [0.05, 0.1) is 5.69 Å². The fraction of sp³-hybridized carbons (Fsp3) is 0.300. The van der Waals surface area contributed by atoms with Gasteiger partial charge in [-0.2, -0.15) is 0 Å². The Balaban J connectivity index is 1.90. The minimum absolute atomic E-state index is 0.164. The van der Waals surface area contributed by atoms with Gasteiger partial charge in [-0.15, -0.1) is 0 Å². The van der Waals surface area contributed by atoms with E-state index in [9.17, 15) is 4.79 Å². The third-order valence-electron chi connectivity index (χ3n) is 4.37. The van der Waals surface area contributed by atoms with E-state index in [2.05, 4.69) is 24.2 Å². The van der Waals surface area contributed by atoms with Crippen molar-refractivity contribution in [2.45, 2.75) is 33.6 Å². The largest absolute Gasteiger partial charge is 0.331 e. The summed E-state index contributed by atoms with van der Waals surface area (Å²) in [6.45, 7) is 6.95. The third-order valence-corrected chi connectivity index (χ3v) is 4.37. The van der Waals surface area contributed by atoms with E-state index < -0.39 is 0 Å². The number of hydrogen-bond donors (Lipinski definition) is 1. The summed E-state index contributed by atoms with van der Waals surface area (Å²) in [7, 11) is 0. The van der Waals surface area contributed by atoms with Crippen molar-refractivity contribution in [3.05, 3.63) is 59.2 Å². The number of rotatable bonds is 2. The molecule has 0 saturated carbocycles. The first-order chi connectivity index (χ1) is 11.5. The molecule has 1 aliphatic heterocycles. The van der Waals surface area contributed by atoms with Crippen LogP contribution in [0.1, 0.15) is 29.5 Å². The summed E-state index contributed by atoms with van der Waals surface area (Å²) in [6, 6.07) is 13.7. The van der Waals surface area contributed by atoms with Gasteiger partial charge in [-0.25, -0.2) is 4.79 Å². The van der Waals surface area contributed by atoms with Crippen LogP contribution in [0.4, 0.5) is 16.2 Å². The number of aliphatic imine (C=N–C) groups is 1. The first-order valence-corrected chi connectivity index (χ1v) is 8.33. The number of benzene rings is 2. The standard InChI is InChI=1S/C20H23N3O/c1-14-6-9-17(10-7-14)22-20(24)23(19-5-4-12-21-19)18-11-8-15(2)16(3)13-18/h6-11,13H,4-5,12H2,1-3H3,(H,22,24). The number of amides is 2. The quantitative estimate of drug-likeness (QED) is 0.845. The average Bonchev–Trinajstić information content (AvgIpc) is 3.07. The number of amidine groups is 1. The zero-order valence-electron chi connectivity index (χ0n) is 14.5. The maximum atomic E-state index is 12.9. The molecule has 0 fully saturated rings. The predicted octanol–water partition coefficient (Wildman–Crippen LogP) is 4.84. The van der Waals surface area contributed by atoms with Crippen molar-refractivity contribution in [3.8, 4) is 0 Å². The van der Waals surface area contributed by atoms with Gasteiger partial charge in [0.25, 0.3) is 0 Å². The van der Waals surface area contributed by atoms with Crippen molar-refractivity contribution in [1.82, 2.24) is 0 Å². The van der Waals surface area contributed by atoms with Gasteiger partial charge in [-0.3, -0.25) is 9.89 Å². The zero-order valence-corrected chi connectivity index (χ0v) is 14.5. The van der Waals surface area contributed by atoms with E-state index in [1.165, 1.54) is 16.7 Å². The van der Waals surface area contributed by atoms with Gasteiger partial charge in [0.2, 0.25) is 0 Å². The third kappa shape index (κ3) is 3.48. The zero-order chi connectivity index (χ0) is 17.1. The molecule has 3 rings (SSSR count). The van der Waals surface area contributed by atoms with Gasteiger partial charge in [-0.05, 0) is 62.6 Å². The number of urea groups is 1. The van der Waals surface area contributed by atoms with E-state index >= 15 is 0 Å². The van der Waals surface area contributed by atoms with Gasteiger partial charge >= 0.3 is 6.03 Å². The summed E-state index contributed by atoms with van der Waals surface area (Å²) in [5.74, 6) is 0.836. The summed E-state index contributed by atoms with van der Waals surface area (Å²) in [5, 5.41) is 2.98. The Kier molecular flexibility index (Phi) is 4.65. The van der Waals surface area contributed by atoms with Crippen LogP contribution in [0.15, 0.2) is 47.5 Å². The lowest BCUT2D eigenvalue weighted by atomic mass is 10.1. The molecule has 2 aromatic carbocycles. The number of aryl methyl sites for hydroxylation is 3. The molecule has 0 bridgehead atoms. The van der Waals surface area contributed by atoms with Crippen molar-refractivity contribution >= 4 is 23.2 Å². The van der Waals surface area contributed by atoms with Crippen molar-refractivity contribution < 1.29 is 4.79 Å². The SMILES string of the molecule is Cc1ccc(NC(=O)N(C2=NCCC2)c2ccc(C)c(C)c2)cc1. The fourth-order valence-corrected chi connectivity index (χ4v) is 2.77. The van der Waals surface area contributed by atoms with Crippen molar-refractivity contribution in [2.24, 2.45) is 4.99 Å². The topological polar surface area (TPSA) is 44.7 Å². The van der Waals surface area contributed by atoms with Crippen LogP contribution in [-0.4, -0.2) is 18.4 Å². The Labute approximate surface area is 143 Å². The first kappa shape index (κ1) is 16.2. The van der Waals surface area contributed by atoms with E-state index in [1.807, 2.05) is 49.4 Å². The molecule has 0 aliphatic carbocycles. The number of nitrogens with zero attached hydrogens (tertiary/aromatic N) is 2. The molecule has 0 unspecified atom stereocenters. The summed E-state index contributed by atoms with van der Waals surface area (Å²) in [5.41, 5.74) is 5.20. The number of anilines is 2. The van der Waals surface area contributed by atoms with Crippen LogP contribution in [0.25, 0.3) is 0 Å². The molecule has 24 heavy (non-hydrogen) atoms. The Bertz CT molecular complexity index is 778. The van der Waals surface area contributed by atoms with E-state index in [-0.39, 0.29) is 6.03 Å². The molecule has 0 spiro atoms.